The van der Waals surface area contributed by atoms with Gasteiger partial charge in [0.2, 0.25) is 5.88 Å². The lowest BCUT2D eigenvalue weighted by atomic mass is 10.1. The van der Waals surface area contributed by atoms with Gasteiger partial charge < -0.3 is 10.5 Å². The van der Waals surface area contributed by atoms with Crippen molar-refractivity contribution in [3.8, 4) is 11.6 Å². The van der Waals surface area contributed by atoms with Crippen LogP contribution in [0.15, 0.2) is 35.1 Å². The number of ether oxygens (including phenoxy) is 1. The van der Waals surface area contributed by atoms with Crippen LogP contribution in [0.1, 0.15) is 25.5 Å². The van der Waals surface area contributed by atoms with Gasteiger partial charge in [0.1, 0.15) is 6.33 Å². The van der Waals surface area contributed by atoms with Crippen molar-refractivity contribution in [2.75, 3.05) is 5.73 Å². The highest BCUT2D eigenvalue weighted by molar-refractivity contribution is 9.10. The van der Waals surface area contributed by atoms with Crippen LogP contribution < -0.4 is 10.5 Å². The minimum absolute atomic E-state index is 0.326. The molecule has 0 unspecified atom stereocenters. The molecule has 0 aliphatic carbocycles. The second-order valence-corrected chi connectivity index (χ2v) is 5.05. The van der Waals surface area contributed by atoms with Gasteiger partial charge in [-0.25, -0.2) is 9.97 Å². The molecule has 5 heteroatoms. The van der Waals surface area contributed by atoms with Gasteiger partial charge >= 0.3 is 0 Å². The number of nitrogen functional groups attached to an aromatic ring is 1. The monoisotopic (exact) mass is 307 g/mol. The molecule has 0 amide bonds. The largest absolute Gasteiger partial charge is 0.436 e. The molecule has 4 nitrogen and oxygen atoms in total. The molecule has 2 aromatic rings. The van der Waals surface area contributed by atoms with Gasteiger partial charge in [0.25, 0.3) is 0 Å². The van der Waals surface area contributed by atoms with E-state index in [9.17, 15) is 0 Å². The summed E-state index contributed by atoms with van der Waals surface area (Å²) in [6.07, 6.45) is 1.50. The van der Waals surface area contributed by atoms with Gasteiger partial charge in [-0.15, -0.1) is 0 Å². The highest BCUT2D eigenvalue weighted by Gasteiger charge is 2.09. The zero-order valence-electron chi connectivity index (χ0n) is 10.2. The number of aromatic nitrogens is 2. The number of anilines is 1. The Morgan fingerprint density at radius 1 is 1.28 bits per heavy atom. The van der Waals surface area contributed by atoms with Crippen molar-refractivity contribution in [1.82, 2.24) is 9.97 Å². The van der Waals surface area contributed by atoms with Gasteiger partial charge in [0, 0.05) is 6.07 Å². The quantitative estimate of drug-likeness (QED) is 0.878. The van der Waals surface area contributed by atoms with Gasteiger partial charge in [-0.3, -0.25) is 0 Å². The standard InChI is InChI=1S/C13H14BrN3O/c1-8(2)11-6-12(17-7-16-11)18-13-9(14)4-3-5-10(13)15/h3-8H,15H2,1-2H3. The molecule has 0 bridgehead atoms. The van der Waals surface area contributed by atoms with Crippen LogP contribution >= 0.6 is 15.9 Å². The Labute approximate surface area is 114 Å². The fourth-order valence-electron chi connectivity index (χ4n) is 1.46. The summed E-state index contributed by atoms with van der Waals surface area (Å²) in [5.41, 5.74) is 7.37. The molecule has 0 saturated carbocycles. The number of para-hydroxylation sites is 1. The summed E-state index contributed by atoms with van der Waals surface area (Å²) >= 11 is 3.40. The minimum atomic E-state index is 0.326. The third kappa shape index (κ3) is 2.79. The first-order chi connectivity index (χ1) is 8.58. The Balaban J connectivity index is 2.31. The Morgan fingerprint density at radius 3 is 2.72 bits per heavy atom. The summed E-state index contributed by atoms with van der Waals surface area (Å²) in [5, 5.41) is 0. The first kappa shape index (κ1) is 12.8. The maximum atomic E-state index is 5.87. The Bertz CT molecular complexity index is 537. The lowest BCUT2D eigenvalue weighted by Crippen LogP contribution is -1.98. The van der Waals surface area contributed by atoms with Crippen LogP contribution in [0, 0.1) is 0 Å². The number of hydrogen-bond acceptors (Lipinski definition) is 4. The molecule has 0 spiro atoms. The maximum absolute atomic E-state index is 5.87. The Morgan fingerprint density at radius 2 is 2.06 bits per heavy atom. The van der Waals surface area contributed by atoms with Crippen LogP contribution in [-0.2, 0) is 0 Å². The predicted octanol–water partition coefficient (Wildman–Crippen LogP) is 3.74. The van der Waals surface area contributed by atoms with Crippen molar-refractivity contribution in [2.24, 2.45) is 0 Å². The first-order valence-corrected chi connectivity index (χ1v) is 6.41. The van der Waals surface area contributed by atoms with Crippen molar-refractivity contribution in [2.45, 2.75) is 19.8 Å². The van der Waals surface area contributed by atoms with Crippen LogP contribution in [0.5, 0.6) is 11.6 Å². The lowest BCUT2D eigenvalue weighted by molar-refractivity contribution is 0.459. The predicted molar refractivity (Wildman–Crippen MR) is 74.7 cm³/mol. The van der Waals surface area contributed by atoms with Crippen molar-refractivity contribution in [3.63, 3.8) is 0 Å². The summed E-state index contributed by atoms with van der Waals surface area (Å²) in [6, 6.07) is 7.33. The summed E-state index contributed by atoms with van der Waals surface area (Å²) in [4.78, 5) is 8.28. The van der Waals surface area contributed by atoms with E-state index in [4.69, 9.17) is 10.5 Å². The summed E-state index contributed by atoms with van der Waals surface area (Å²) in [7, 11) is 0. The number of halogens is 1. The van der Waals surface area contributed by atoms with E-state index in [1.54, 1.807) is 6.07 Å². The molecule has 0 fully saturated rings. The van der Waals surface area contributed by atoms with E-state index < -0.39 is 0 Å². The summed E-state index contributed by atoms with van der Waals surface area (Å²) in [6.45, 7) is 4.14. The third-order valence-corrected chi connectivity index (χ3v) is 3.08. The van der Waals surface area contributed by atoms with Gasteiger partial charge in [-0.1, -0.05) is 19.9 Å². The van der Waals surface area contributed by atoms with Crippen molar-refractivity contribution in [1.29, 1.82) is 0 Å². The average molecular weight is 308 g/mol. The second kappa shape index (κ2) is 5.35. The molecule has 0 aliphatic rings. The van der Waals surface area contributed by atoms with Crippen LogP contribution in [0.4, 0.5) is 5.69 Å². The topological polar surface area (TPSA) is 61.0 Å². The maximum Gasteiger partial charge on any atom is 0.222 e. The smallest absolute Gasteiger partial charge is 0.222 e. The number of benzene rings is 1. The van der Waals surface area contributed by atoms with Crippen molar-refractivity contribution < 1.29 is 4.74 Å². The normalized spacial score (nSPS) is 10.7. The highest BCUT2D eigenvalue weighted by atomic mass is 79.9. The van der Waals surface area contributed by atoms with E-state index in [-0.39, 0.29) is 0 Å². The van der Waals surface area contributed by atoms with Gasteiger partial charge in [-0.05, 0) is 34.0 Å². The van der Waals surface area contributed by atoms with E-state index >= 15 is 0 Å². The van der Waals surface area contributed by atoms with Crippen LogP contribution in [0.3, 0.4) is 0 Å². The van der Waals surface area contributed by atoms with Crippen LogP contribution in [0.2, 0.25) is 0 Å². The molecule has 1 aromatic carbocycles. The Kier molecular flexibility index (Phi) is 3.81. The van der Waals surface area contributed by atoms with Gasteiger partial charge in [0.05, 0.1) is 15.9 Å². The van der Waals surface area contributed by atoms with E-state index in [0.29, 0.717) is 23.2 Å². The van der Waals surface area contributed by atoms with E-state index in [1.165, 1.54) is 6.33 Å². The molecule has 2 N–H and O–H groups in total. The summed E-state index contributed by atoms with van der Waals surface area (Å²) < 4.78 is 6.51. The number of nitrogens with zero attached hydrogens (tertiary/aromatic N) is 2. The zero-order valence-corrected chi connectivity index (χ0v) is 11.8. The first-order valence-electron chi connectivity index (χ1n) is 5.61. The third-order valence-electron chi connectivity index (χ3n) is 2.46. The molecular weight excluding hydrogens is 294 g/mol. The fourth-order valence-corrected chi connectivity index (χ4v) is 1.93. The van der Waals surface area contributed by atoms with E-state index in [1.807, 2.05) is 18.2 Å². The Hall–Kier alpha value is -1.62. The highest BCUT2D eigenvalue weighted by Crippen LogP contribution is 2.34. The number of rotatable bonds is 3. The molecule has 18 heavy (non-hydrogen) atoms. The molecule has 0 aliphatic heterocycles. The van der Waals surface area contributed by atoms with Crippen molar-refractivity contribution in [3.05, 3.63) is 40.8 Å². The molecule has 1 heterocycles. The molecule has 0 atom stereocenters. The second-order valence-electron chi connectivity index (χ2n) is 4.20. The molecule has 0 radical (unpaired) electrons. The van der Waals surface area contributed by atoms with Crippen LogP contribution in [0.25, 0.3) is 0 Å². The van der Waals surface area contributed by atoms with Gasteiger partial charge in [0.15, 0.2) is 5.75 Å². The minimum Gasteiger partial charge on any atom is -0.436 e. The average Bonchev–Trinajstić information content (AvgIpc) is 2.34. The molecule has 1 aromatic heterocycles. The zero-order chi connectivity index (χ0) is 13.1. The van der Waals surface area contributed by atoms with Crippen LogP contribution in [-0.4, -0.2) is 9.97 Å². The van der Waals surface area contributed by atoms with E-state index in [0.717, 1.165) is 10.2 Å². The molecule has 94 valence electrons. The molecule has 2 rings (SSSR count). The molecular formula is C13H14BrN3O. The molecule has 0 saturated heterocycles. The number of hydrogen-bond donors (Lipinski definition) is 1. The van der Waals surface area contributed by atoms with Gasteiger partial charge in [-0.2, -0.15) is 0 Å². The SMILES string of the molecule is CC(C)c1cc(Oc2c(N)cccc2Br)ncn1. The van der Waals surface area contributed by atoms with Crippen molar-refractivity contribution >= 4 is 21.6 Å². The fraction of sp³-hybridized carbons (Fsp3) is 0.231. The summed E-state index contributed by atoms with van der Waals surface area (Å²) in [5.74, 6) is 1.39. The number of nitrogens with two attached hydrogens (primary N) is 1. The lowest BCUT2D eigenvalue weighted by Gasteiger charge is -2.10. The van der Waals surface area contributed by atoms with E-state index in [2.05, 4.69) is 39.7 Å².